The van der Waals surface area contributed by atoms with Gasteiger partial charge in [0.2, 0.25) is 0 Å². The summed E-state index contributed by atoms with van der Waals surface area (Å²) < 4.78 is 5.05. The van der Waals surface area contributed by atoms with Gasteiger partial charge in [0.05, 0.1) is 17.8 Å². The molecule has 0 atom stereocenters. The van der Waals surface area contributed by atoms with Gasteiger partial charge < -0.3 is 15.2 Å². The molecule has 2 rings (SSSR count). The highest BCUT2D eigenvalue weighted by Gasteiger charge is 2.10. The Labute approximate surface area is 114 Å². The highest BCUT2D eigenvalue weighted by atomic mass is 35.5. The molecule has 19 heavy (non-hydrogen) atoms. The van der Waals surface area contributed by atoms with Gasteiger partial charge in [-0.05, 0) is 24.3 Å². The second-order valence-corrected chi connectivity index (χ2v) is 4.11. The number of ether oxygens (including phenoxy) is 1. The average Bonchev–Trinajstić information content (AvgIpc) is 2.39. The summed E-state index contributed by atoms with van der Waals surface area (Å²) in [7, 11) is 1.53. The first-order valence-electron chi connectivity index (χ1n) is 5.39. The van der Waals surface area contributed by atoms with Crippen molar-refractivity contribution in [2.24, 2.45) is 0 Å². The van der Waals surface area contributed by atoms with Crippen LogP contribution in [0, 0.1) is 0 Å². The minimum Gasteiger partial charge on any atom is -0.495 e. The third kappa shape index (κ3) is 2.95. The quantitative estimate of drug-likeness (QED) is 0.899. The first-order valence-corrected chi connectivity index (χ1v) is 5.77. The zero-order valence-corrected chi connectivity index (χ0v) is 10.8. The number of methoxy groups -OCH3 is 1. The third-order valence-electron chi connectivity index (χ3n) is 2.48. The van der Waals surface area contributed by atoms with E-state index in [1.165, 1.54) is 19.5 Å². The predicted molar refractivity (Wildman–Crippen MR) is 72.5 cm³/mol. The maximum atomic E-state index is 11.1. The summed E-state index contributed by atoms with van der Waals surface area (Å²) in [6, 6.07) is 6.69. The van der Waals surface area contributed by atoms with E-state index in [2.05, 4.69) is 10.3 Å². The molecule has 0 bridgehead atoms. The van der Waals surface area contributed by atoms with Crippen LogP contribution in [0.25, 0.3) is 0 Å². The lowest BCUT2D eigenvalue weighted by Gasteiger charge is -2.10. The van der Waals surface area contributed by atoms with Gasteiger partial charge in [0.25, 0.3) is 0 Å². The maximum Gasteiger partial charge on any atom is 0.339 e. The Morgan fingerprint density at radius 1 is 1.42 bits per heavy atom. The first-order chi connectivity index (χ1) is 9.11. The van der Waals surface area contributed by atoms with Crippen molar-refractivity contribution >= 4 is 28.9 Å². The molecule has 2 aromatic rings. The van der Waals surface area contributed by atoms with Gasteiger partial charge in [-0.15, -0.1) is 0 Å². The fourth-order valence-electron chi connectivity index (χ4n) is 1.57. The Morgan fingerprint density at radius 3 is 2.84 bits per heavy atom. The molecule has 0 amide bonds. The Kier molecular flexibility index (Phi) is 3.87. The molecular weight excluding hydrogens is 268 g/mol. The molecule has 0 aliphatic carbocycles. The summed E-state index contributed by atoms with van der Waals surface area (Å²) in [6.45, 7) is 0. The van der Waals surface area contributed by atoms with Gasteiger partial charge in [-0.25, -0.2) is 4.79 Å². The molecule has 1 aromatic heterocycles. The second-order valence-electron chi connectivity index (χ2n) is 3.70. The lowest BCUT2D eigenvalue weighted by atomic mass is 10.2. The molecule has 0 saturated carbocycles. The molecule has 2 N–H and O–H groups in total. The van der Waals surface area contributed by atoms with Crippen molar-refractivity contribution in [1.82, 2.24) is 4.98 Å². The molecule has 1 heterocycles. The van der Waals surface area contributed by atoms with Crippen LogP contribution >= 0.6 is 11.6 Å². The van der Waals surface area contributed by atoms with Crippen LogP contribution < -0.4 is 10.1 Å². The topological polar surface area (TPSA) is 71.5 Å². The standard InChI is InChI=1S/C13H11ClN2O3/c1-19-12-3-2-8(6-10(12)14)16-11-4-5-15-7-9(11)13(17)18/h2-7H,1H3,(H,15,16)(H,17,18). The Hall–Kier alpha value is -2.27. The highest BCUT2D eigenvalue weighted by Crippen LogP contribution is 2.29. The van der Waals surface area contributed by atoms with Gasteiger partial charge in [-0.1, -0.05) is 11.6 Å². The molecular formula is C13H11ClN2O3. The number of pyridine rings is 1. The van der Waals surface area contributed by atoms with E-state index in [4.69, 9.17) is 21.4 Å². The van der Waals surface area contributed by atoms with Gasteiger partial charge in [0.1, 0.15) is 11.3 Å². The molecule has 5 nitrogen and oxygen atoms in total. The monoisotopic (exact) mass is 278 g/mol. The number of rotatable bonds is 4. The molecule has 0 unspecified atom stereocenters. The normalized spacial score (nSPS) is 10.0. The number of nitrogens with one attached hydrogen (secondary N) is 1. The zero-order chi connectivity index (χ0) is 13.8. The number of hydrogen-bond acceptors (Lipinski definition) is 4. The van der Waals surface area contributed by atoms with Crippen LogP contribution in [0.1, 0.15) is 10.4 Å². The van der Waals surface area contributed by atoms with Gasteiger partial charge in [-0.2, -0.15) is 0 Å². The van der Waals surface area contributed by atoms with Crippen molar-refractivity contribution in [3.05, 3.63) is 47.2 Å². The van der Waals surface area contributed by atoms with Gasteiger partial charge in [-0.3, -0.25) is 4.98 Å². The maximum absolute atomic E-state index is 11.1. The lowest BCUT2D eigenvalue weighted by Crippen LogP contribution is -2.03. The molecule has 0 aliphatic rings. The number of carbonyl (C=O) groups is 1. The fourth-order valence-corrected chi connectivity index (χ4v) is 1.83. The zero-order valence-electron chi connectivity index (χ0n) is 10.1. The molecule has 0 aliphatic heterocycles. The third-order valence-corrected chi connectivity index (χ3v) is 2.78. The number of hydrogen-bond donors (Lipinski definition) is 2. The number of halogens is 1. The highest BCUT2D eigenvalue weighted by molar-refractivity contribution is 6.32. The van der Waals surface area contributed by atoms with E-state index in [1.54, 1.807) is 24.3 Å². The van der Waals surface area contributed by atoms with E-state index in [0.29, 0.717) is 22.1 Å². The average molecular weight is 279 g/mol. The van der Waals surface area contributed by atoms with Crippen LogP contribution in [0.15, 0.2) is 36.7 Å². The first kappa shape index (κ1) is 13.2. The van der Waals surface area contributed by atoms with Crippen LogP contribution in [0.4, 0.5) is 11.4 Å². The van der Waals surface area contributed by atoms with Crippen molar-refractivity contribution in [1.29, 1.82) is 0 Å². The van der Waals surface area contributed by atoms with E-state index < -0.39 is 5.97 Å². The Balaban J connectivity index is 2.31. The molecule has 0 radical (unpaired) electrons. The SMILES string of the molecule is COc1ccc(Nc2ccncc2C(=O)O)cc1Cl. The van der Waals surface area contributed by atoms with Crippen molar-refractivity contribution < 1.29 is 14.6 Å². The summed E-state index contributed by atoms with van der Waals surface area (Å²) in [5.41, 5.74) is 1.21. The van der Waals surface area contributed by atoms with Crippen LogP contribution in [0.5, 0.6) is 5.75 Å². The van der Waals surface area contributed by atoms with E-state index in [0.717, 1.165) is 0 Å². The van der Waals surface area contributed by atoms with Crippen molar-refractivity contribution in [3.63, 3.8) is 0 Å². The van der Waals surface area contributed by atoms with Crippen LogP contribution in [-0.4, -0.2) is 23.2 Å². The number of benzene rings is 1. The Morgan fingerprint density at radius 2 is 2.21 bits per heavy atom. The van der Waals surface area contributed by atoms with Gasteiger partial charge in [0, 0.05) is 18.1 Å². The predicted octanol–water partition coefficient (Wildman–Crippen LogP) is 3.19. The largest absolute Gasteiger partial charge is 0.495 e. The molecule has 0 spiro atoms. The molecule has 6 heteroatoms. The minimum absolute atomic E-state index is 0.0921. The number of aromatic carboxylic acids is 1. The van der Waals surface area contributed by atoms with Gasteiger partial charge in [0.15, 0.2) is 0 Å². The van der Waals surface area contributed by atoms with E-state index >= 15 is 0 Å². The second kappa shape index (κ2) is 5.58. The van der Waals surface area contributed by atoms with Crippen molar-refractivity contribution in [3.8, 4) is 5.75 Å². The number of carboxylic acid groups (broad SMARTS) is 1. The lowest BCUT2D eigenvalue weighted by molar-refractivity contribution is 0.0697. The van der Waals surface area contributed by atoms with E-state index in [1.807, 2.05) is 0 Å². The number of nitrogens with zero attached hydrogens (tertiary/aromatic N) is 1. The van der Waals surface area contributed by atoms with Crippen molar-refractivity contribution in [2.45, 2.75) is 0 Å². The summed E-state index contributed by atoms with van der Waals surface area (Å²) in [6.07, 6.45) is 2.80. The molecule has 1 aromatic carbocycles. The summed E-state index contributed by atoms with van der Waals surface area (Å²) in [4.78, 5) is 14.8. The summed E-state index contributed by atoms with van der Waals surface area (Å²) in [5, 5.41) is 12.5. The number of aromatic nitrogens is 1. The molecule has 98 valence electrons. The van der Waals surface area contributed by atoms with Crippen LogP contribution in [-0.2, 0) is 0 Å². The van der Waals surface area contributed by atoms with E-state index in [9.17, 15) is 4.79 Å². The van der Waals surface area contributed by atoms with E-state index in [-0.39, 0.29) is 5.56 Å². The smallest absolute Gasteiger partial charge is 0.339 e. The van der Waals surface area contributed by atoms with Crippen molar-refractivity contribution in [2.75, 3.05) is 12.4 Å². The Bertz CT molecular complexity index is 617. The minimum atomic E-state index is -1.05. The number of carboxylic acids is 1. The van der Waals surface area contributed by atoms with Crippen LogP contribution in [0.2, 0.25) is 5.02 Å². The molecule has 0 fully saturated rings. The van der Waals surface area contributed by atoms with Crippen LogP contribution in [0.3, 0.4) is 0 Å². The molecule has 0 saturated heterocycles. The van der Waals surface area contributed by atoms with Gasteiger partial charge >= 0.3 is 5.97 Å². The summed E-state index contributed by atoms with van der Waals surface area (Å²) in [5.74, 6) is -0.490. The summed E-state index contributed by atoms with van der Waals surface area (Å²) >= 11 is 6.00. The fraction of sp³-hybridized carbons (Fsp3) is 0.0769. The number of anilines is 2.